The van der Waals surface area contributed by atoms with Gasteiger partial charge in [-0.15, -0.1) is 0 Å². The zero-order valence-electron chi connectivity index (χ0n) is 9.51. The van der Waals surface area contributed by atoms with Gasteiger partial charge in [0.25, 0.3) is 0 Å². The van der Waals surface area contributed by atoms with E-state index in [9.17, 15) is 0 Å². The van der Waals surface area contributed by atoms with Crippen LogP contribution < -0.4 is 85.2 Å². The molecule has 0 aliphatic heterocycles. The molecule has 0 fully saturated rings. The van der Waals surface area contributed by atoms with Crippen molar-refractivity contribution in [2.45, 2.75) is 0 Å². The summed E-state index contributed by atoms with van der Waals surface area (Å²) in [6, 6.07) is 0. The summed E-state index contributed by atoms with van der Waals surface area (Å²) in [5.41, 5.74) is 0. The Hall–Kier alpha value is 1.43. The fourth-order valence-electron chi connectivity index (χ4n) is 0. The molecule has 0 amide bonds. The standard InChI is InChI=1S/2CH2O3.Ca.K.3H3N.H3O4P/c2*2-1(3)4;;;;;;1-5(2,3)4/h2*(H2,2,3,4);;;3*1H3;(H3,1,2,3,4)/q;;+2;+1;;;;/p-3. The molecule has 16 heteroatoms. The molecule has 0 aromatic rings. The van der Waals surface area contributed by atoms with E-state index in [1.54, 1.807) is 0 Å². The number of carbonyl (C=O) groups excluding carboxylic acids is 1. The molecule has 0 spiro atoms. The van der Waals surface area contributed by atoms with Gasteiger partial charge < -0.3 is 63.1 Å². The zero-order chi connectivity index (χ0) is 11.7. The van der Waals surface area contributed by atoms with Crippen molar-refractivity contribution in [2.75, 3.05) is 0 Å². The summed E-state index contributed by atoms with van der Waals surface area (Å²) < 4.78 is 8.88. The van der Waals surface area contributed by atoms with Crippen molar-refractivity contribution in [1.82, 2.24) is 18.5 Å². The van der Waals surface area contributed by atoms with Crippen molar-refractivity contribution in [2.24, 2.45) is 0 Å². The monoisotopic (exact) mass is 349 g/mol. The first-order chi connectivity index (χ1) is 5.46. The minimum Gasteiger partial charge on any atom is -0.652 e. The predicted octanol–water partition coefficient (Wildman–Crippen LogP) is -7.38. The average molecular weight is 349 g/mol. The average Bonchev–Trinajstić information content (AvgIpc) is 1.50. The van der Waals surface area contributed by atoms with E-state index < -0.39 is 20.1 Å². The SMILES string of the molecule is N.N.N.O=C([O-])O.O=C([O-])[O-].O=P(O)(O)O.[Ca+2].[K+]. The Labute approximate surface area is 174 Å². The second kappa shape index (κ2) is 31.0. The van der Waals surface area contributed by atoms with Crippen LogP contribution in [0.1, 0.15) is 0 Å². The Morgan fingerprint density at radius 2 is 0.889 bits per heavy atom. The van der Waals surface area contributed by atoms with Crippen LogP contribution in [0.3, 0.4) is 0 Å². The van der Waals surface area contributed by atoms with Gasteiger partial charge in [0.15, 0.2) is 0 Å². The van der Waals surface area contributed by atoms with Gasteiger partial charge in [0, 0.05) is 0 Å². The van der Waals surface area contributed by atoms with Crippen LogP contribution >= 0.6 is 7.82 Å². The molecule has 0 saturated heterocycles. The van der Waals surface area contributed by atoms with Crippen LogP contribution in [0.5, 0.6) is 0 Å². The molecule has 0 atom stereocenters. The Kier molecular flexibility index (Phi) is 87.1. The van der Waals surface area contributed by atoms with Crippen LogP contribution in [-0.2, 0) is 4.57 Å². The van der Waals surface area contributed by atoms with Crippen LogP contribution in [0.15, 0.2) is 0 Å². The molecule has 104 valence electrons. The first kappa shape index (κ1) is 50.5. The molecule has 0 bridgehead atoms. The first-order valence-electron chi connectivity index (χ1n) is 2.03. The largest absolute Gasteiger partial charge is 2.00 e. The van der Waals surface area contributed by atoms with Gasteiger partial charge in [-0.25, -0.2) is 4.57 Å². The summed E-state index contributed by atoms with van der Waals surface area (Å²) in [5.74, 6) is 0. The second-order valence-electron chi connectivity index (χ2n) is 1.03. The summed E-state index contributed by atoms with van der Waals surface area (Å²) >= 11 is 0. The van der Waals surface area contributed by atoms with Crippen molar-refractivity contribution in [3.63, 3.8) is 0 Å². The molecular weight excluding hydrogens is 336 g/mol. The van der Waals surface area contributed by atoms with Gasteiger partial charge in [0.2, 0.25) is 6.16 Å². The molecule has 13 nitrogen and oxygen atoms in total. The van der Waals surface area contributed by atoms with E-state index >= 15 is 0 Å². The molecule has 0 unspecified atom stereocenters. The smallest absolute Gasteiger partial charge is 0.652 e. The summed E-state index contributed by atoms with van der Waals surface area (Å²) in [6.45, 7) is 0. The molecule has 0 rings (SSSR count). The number of hydrogen-bond donors (Lipinski definition) is 7. The van der Waals surface area contributed by atoms with Crippen molar-refractivity contribution in [3.05, 3.63) is 0 Å². The number of phosphoric acid groups is 1. The van der Waals surface area contributed by atoms with E-state index in [2.05, 4.69) is 0 Å². The molecule has 13 N–H and O–H groups in total. The van der Waals surface area contributed by atoms with Crippen molar-refractivity contribution in [3.8, 4) is 0 Å². The molecule has 18 heavy (non-hydrogen) atoms. The Bertz CT molecular complexity index is 183. The van der Waals surface area contributed by atoms with Crippen LogP contribution in [0.4, 0.5) is 9.59 Å². The maximum atomic E-state index is 8.88. The maximum absolute atomic E-state index is 8.88. The molecule has 0 radical (unpaired) electrons. The van der Waals surface area contributed by atoms with E-state index in [0.29, 0.717) is 0 Å². The molecule has 0 aromatic carbocycles. The second-order valence-corrected chi connectivity index (χ2v) is 2.06. The molecule has 0 saturated carbocycles. The van der Waals surface area contributed by atoms with Gasteiger partial charge in [-0.3, -0.25) is 0 Å². The van der Waals surface area contributed by atoms with Gasteiger partial charge >= 0.3 is 96.9 Å². The van der Waals surface area contributed by atoms with Crippen LogP contribution in [-0.4, -0.2) is 69.8 Å². The maximum Gasteiger partial charge on any atom is 2.00 e. The number of rotatable bonds is 0. The third kappa shape index (κ3) is 2310. The molecule has 0 heterocycles. The molecule has 0 aliphatic carbocycles. The fraction of sp³-hybridized carbons (Fsp3) is 0. The van der Waals surface area contributed by atoms with Crippen molar-refractivity contribution in [1.29, 1.82) is 0 Å². The van der Waals surface area contributed by atoms with Gasteiger partial charge in [-0.1, -0.05) is 0 Å². The van der Waals surface area contributed by atoms with Crippen molar-refractivity contribution < 1.29 is 101 Å². The Morgan fingerprint density at radius 3 is 0.889 bits per heavy atom. The number of carboxylic acid groups (broad SMARTS) is 4. The zero-order valence-corrected chi connectivity index (χ0v) is 15.7. The van der Waals surface area contributed by atoms with Gasteiger partial charge in [-0.05, 0) is 6.16 Å². The minimum absolute atomic E-state index is 0. The summed E-state index contributed by atoms with van der Waals surface area (Å²) in [4.78, 5) is 38.3. The first-order valence-corrected chi connectivity index (χ1v) is 3.59. The molecular formula is C2H13CaKN3O10P. The fourth-order valence-corrected chi connectivity index (χ4v) is 0. The van der Waals surface area contributed by atoms with Gasteiger partial charge in [0.1, 0.15) is 0 Å². The third-order valence-electron chi connectivity index (χ3n) is 0. The summed E-state index contributed by atoms with van der Waals surface area (Å²) in [6.07, 6.45) is -4.42. The quantitative estimate of drug-likeness (QED) is 0.158. The molecule has 0 aromatic heterocycles. The third-order valence-corrected chi connectivity index (χ3v) is 0. The van der Waals surface area contributed by atoms with E-state index in [-0.39, 0.29) is 108 Å². The number of carbonyl (C=O) groups is 2. The Balaban J connectivity index is -0.0000000123. The van der Waals surface area contributed by atoms with Gasteiger partial charge in [0.05, 0.1) is 0 Å². The van der Waals surface area contributed by atoms with Gasteiger partial charge in [-0.2, -0.15) is 0 Å². The summed E-state index contributed by atoms with van der Waals surface area (Å²) in [7, 11) is -4.64. The Morgan fingerprint density at radius 1 is 0.889 bits per heavy atom. The van der Waals surface area contributed by atoms with Crippen molar-refractivity contribution >= 4 is 57.9 Å². The minimum atomic E-state index is -4.64. The topological polar surface area (TPSA) is 306 Å². The normalized spacial score (nSPS) is 5.94. The van der Waals surface area contributed by atoms with E-state index in [1.165, 1.54) is 0 Å². The predicted molar refractivity (Wildman–Crippen MR) is 48.5 cm³/mol. The van der Waals surface area contributed by atoms with Crippen LogP contribution in [0, 0.1) is 0 Å². The summed E-state index contributed by atoms with van der Waals surface area (Å²) in [5, 5.41) is 32.0. The van der Waals surface area contributed by atoms with Crippen LogP contribution in [0.2, 0.25) is 0 Å². The number of hydrogen-bond acceptors (Lipinski definition) is 9. The molecule has 0 aliphatic rings. The van der Waals surface area contributed by atoms with E-state index in [1.807, 2.05) is 0 Å². The van der Waals surface area contributed by atoms with Crippen LogP contribution in [0.25, 0.3) is 0 Å². The van der Waals surface area contributed by atoms with E-state index in [4.69, 9.17) is 49.3 Å². The van der Waals surface area contributed by atoms with E-state index in [0.717, 1.165) is 0 Å².